The van der Waals surface area contributed by atoms with Crippen LogP contribution >= 0.6 is 0 Å². The van der Waals surface area contributed by atoms with Gasteiger partial charge in [-0.05, 0) is 36.4 Å². The lowest BCUT2D eigenvalue weighted by Crippen LogP contribution is -2.48. The molecule has 0 bridgehead atoms. The van der Waals surface area contributed by atoms with Crippen molar-refractivity contribution in [2.75, 3.05) is 57.0 Å². The molecule has 1 aliphatic rings. The average Bonchev–Trinajstić information content (AvgIpc) is 2.79. The highest BCUT2D eigenvalue weighted by atomic mass is 32.2. The van der Waals surface area contributed by atoms with Crippen molar-refractivity contribution in [3.63, 3.8) is 0 Å². The molecule has 0 atom stereocenters. The predicted molar refractivity (Wildman–Crippen MR) is 118 cm³/mol. The molecule has 162 valence electrons. The summed E-state index contributed by atoms with van der Waals surface area (Å²) in [4.78, 5) is 16.9. The van der Waals surface area contributed by atoms with Gasteiger partial charge in [0.15, 0.2) is 9.84 Å². The Hall–Kier alpha value is -2.58. The fourth-order valence-corrected chi connectivity index (χ4v) is 4.70. The van der Waals surface area contributed by atoms with Crippen LogP contribution in [0.3, 0.4) is 0 Å². The standard InChI is InChI=1S/C22H29N3O4S/c1-29-20-9-7-19(8-10-20)25-16-14-24(15-17-25)13-12-23-22(26)11-18-30(27,28)21-5-3-2-4-6-21/h2-10H,11-18H2,1H3,(H,23,26). The maximum absolute atomic E-state index is 12.2. The van der Waals surface area contributed by atoms with Crippen LogP contribution in [0, 0.1) is 0 Å². The Kier molecular flexibility index (Phi) is 7.70. The van der Waals surface area contributed by atoms with Gasteiger partial charge in [0.05, 0.1) is 17.8 Å². The van der Waals surface area contributed by atoms with Crippen molar-refractivity contribution in [1.82, 2.24) is 10.2 Å². The van der Waals surface area contributed by atoms with E-state index in [2.05, 4.69) is 27.2 Å². The first kappa shape index (κ1) is 22.1. The van der Waals surface area contributed by atoms with E-state index in [1.165, 1.54) is 5.69 Å². The third kappa shape index (κ3) is 6.21. The maximum atomic E-state index is 12.2. The first-order valence-electron chi connectivity index (χ1n) is 10.1. The Morgan fingerprint density at radius 2 is 1.67 bits per heavy atom. The summed E-state index contributed by atoms with van der Waals surface area (Å²) < 4.78 is 29.7. The molecule has 3 rings (SSSR count). The summed E-state index contributed by atoms with van der Waals surface area (Å²) >= 11 is 0. The predicted octanol–water partition coefficient (Wildman–Crippen LogP) is 1.80. The number of hydrogen-bond acceptors (Lipinski definition) is 6. The van der Waals surface area contributed by atoms with Gasteiger partial charge in [-0.15, -0.1) is 0 Å². The van der Waals surface area contributed by atoms with Crippen molar-refractivity contribution in [2.24, 2.45) is 0 Å². The summed E-state index contributed by atoms with van der Waals surface area (Å²) in [6.07, 6.45) is -0.0253. The van der Waals surface area contributed by atoms with Gasteiger partial charge in [0.1, 0.15) is 5.75 Å². The molecule has 30 heavy (non-hydrogen) atoms. The number of piperazine rings is 1. The van der Waals surface area contributed by atoms with Gasteiger partial charge in [-0.2, -0.15) is 0 Å². The monoisotopic (exact) mass is 431 g/mol. The van der Waals surface area contributed by atoms with Gasteiger partial charge in [0, 0.05) is 51.4 Å². The molecule has 0 aromatic heterocycles. The normalized spacial score (nSPS) is 15.0. The van der Waals surface area contributed by atoms with Crippen molar-refractivity contribution in [3.8, 4) is 5.75 Å². The molecule has 1 aliphatic heterocycles. The molecule has 0 unspecified atom stereocenters. The Morgan fingerprint density at radius 3 is 2.30 bits per heavy atom. The van der Waals surface area contributed by atoms with Gasteiger partial charge in [0.2, 0.25) is 5.91 Å². The number of methoxy groups -OCH3 is 1. The molecule has 2 aromatic carbocycles. The van der Waals surface area contributed by atoms with Crippen molar-refractivity contribution in [2.45, 2.75) is 11.3 Å². The Morgan fingerprint density at radius 1 is 1.00 bits per heavy atom. The molecule has 1 amide bonds. The third-order valence-corrected chi connectivity index (χ3v) is 6.99. The fourth-order valence-electron chi connectivity index (χ4n) is 3.44. The number of sulfone groups is 1. The Labute approximate surface area is 178 Å². The van der Waals surface area contributed by atoms with Crippen molar-refractivity contribution in [3.05, 3.63) is 54.6 Å². The SMILES string of the molecule is COc1ccc(N2CCN(CCNC(=O)CCS(=O)(=O)c3ccccc3)CC2)cc1. The zero-order valence-corrected chi connectivity index (χ0v) is 18.1. The van der Waals surface area contributed by atoms with E-state index in [9.17, 15) is 13.2 Å². The van der Waals surface area contributed by atoms with Gasteiger partial charge in [-0.25, -0.2) is 8.42 Å². The molecule has 2 aromatic rings. The fraction of sp³-hybridized carbons (Fsp3) is 0.409. The minimum absolute atomic E-state index is 0.0253. The number of nitrogens with zero attached hydrogens (tertiary/aromatic N) is 2. The van der Waals surface area contributed by atoms with Crippen molar-refractivity contribution < 1.29 is 17.9 Å². The van der Waals surface area contributed by atoms with Crippen LogP contribution in [0.4, 0.5) is 5.69 Å². The number of carbonyl (C=O) groups excluding carboxylic acids is 1. The summed E-state index contributed by atoms with van der Waals surface area (Å²) in [6, 6.07) is 16.3. The van der Waals surface area contributed by atoms with Crippen molar-refractivity contribution in [1.29, 1.82) is 0 Å². The molecule has 1 heterocycles. The largest absolute Gasteiger partial charge is 0.497 e. The summed E-state index contributed by atoms with van der Waals surface area (Å²) in [5, 5.41) is 2.84. The van der Waals surface area contributed by atoms with Crippen LogP contribution in [0.25, 0.3) is 0 Å². The van der Waals surface area contributed by atoms with Crippen molar-refractivity contribution >= 4 is 21.4 Å². The van der Waals surface area contributed by atoms with Crippen LogP contribution in [0.2, 0.25) is 0 Å². The number of amides is 1. The molecule has 1 saturated heterocycles. The van der Waals surface area contributed by atoms with E-state index in [1.807, 2.05) is 12.1 Å². The summed E-state index contributed by atoms with van der Waals surface area (Å²) in [5.74, 6) is 0.444. The van der Waals surface area contributed by atoms with Gasteiger partial charge < -0.3 is 15.0 Å². The van der Waals surface area contributed by atoms with E-state index in [0.717, 1.165) is 38.5 Å². The van der Waals surface area contributed by atoms with Gasteiger partial charge in [-0.3, -0.25) is 9.69 Å². The second kappa shape index (κ2) is 10.4. The van der Waals surface area contributed by atoms with Crippen LogP contribution in [-0.4, -0.2) is 71.4 Å². The van der Waals surface area contributed by atoms with Crippen LogP contribution in [-0.2, 0) is 14.6 Å². The summed E-state index contributed by atoms with van der Waals surface area (Å²) in [6.45, 7) is 4.97. The summed E-state index contributed by atoms with van der Waals surface area (Å²) in [7, 11) is -1.76. The maximum Gasteiger partial charge on any atom is 0.221 e. The van der Waals surface area contributed by atoms with Crippen LogP contribution < -0.4 is 15.0 Å². The third-order valence-electron chi connectivity index (χ3n) is 5.26. The average molecular weight is 432 g/mol. The lowest BCUT2D eigenvalue weighted by atomic mass is 10.2. The van der Waals surface area contributed by atoms with Crippen LogP contribution in [0.15, 0.2) is 59.5 Å². The van der Waals surface area contributed by atoms with Gasteiger partial charge in [0.25, 0.3) is 0 Å². The quantitative estimate of drug-likeness (QED) is 0.652. The molecule has 0 saturated carbocycles. The first-order chi connectivity index (χ1) is 14.5. The van der Waals surface area contributed by atoms with E-state index in [-0.39, 0.29) is 23.0 Å². The lowest BCUT2D eigenvalue weighted by molar-refractivity contribution is -0.120. The number of nitrogens with one attached hydrogen (secondary N) is 1. The highest BCUT2D eigenvalue weighted by Crippen LogP contribution is 2.20. The molecule has 7 nitrogen and oxygen atoms in total. The highest BCUT2D eigenvalue weighted by molar-refractivity contribution is 7.91. The highest BCUT2D eigenvalue weighted by Gasteiger charge is 2.18. The summed E-state index contributed by atoms with van der Waals surface area (Å²) in [5.41, 5.74) is 1.18. The first-order valence-corrected chi connectivity index (χ1v) is 11.8. The number of hydrogen-bond donors (Lipinski definition) is 1. The van der Waals surface area contributed by atoms with Crippen LogP contribution in [0.1, 0.15) is 6.42 Å². The van der Waals surface area contributed by atoms with E-state index in [4.69, 9.17) is 4.74 Å². The number of rotatable bonds is 9. The molecular weight excluding hydrogens is 402 g/mol. The van der Waals surface area contributed by atoms with E-state index in [1.54, 1.807) is 37.4 Å². The molecule has 0 aliphatic carbocycles. The molecule has 0 radical (unpaired) electrons. The number of carbonyl (C=O) groups is 1. The zero-order valence-electron chi connectivity index (χ0n) is 17.3. The minimum atomic E-state index is -3.42. The molecule has 1 fully saturated rings. The zero-order chi connectivity index (χ0) is 21.4. The molecule has 1 N–H and O–H groups in total. The molecular formula is C22H29N3O4S. The smallest absolute Gasteiger partial charge is 0.221 e. The number of ether oxygens (including phenoxy) is 1. The van der Waals surface area contributed by atoms with Crippen LogP contribution in [0.5, 0.6) is 5.75 Å². The minimum Gasteiger partial charge on any atom is -0.497 e. The molecule has 0 spiro atoms. The Bertz CT molecular complexity index is 909. The van der Waals surface area contributed by atoms with E-state index in [0.29, 0.717) is 6.54 Å². The number of anilines is 1. The van der Waals surface area contributed by atoms with E-state index < -0.39 is 9.84 Å². The molecule has 8 heteroatoms. The number of benzene rings is 2. The second-order valence-electron chi connectivity index (χ2n) is 7.26. The topological polar surface area (TPSA) is 79.0 Å². The van der Waals surface area contributed by atoms with Gasteiger partial charge in [-0.1, -0.05) is 18.2 Å². The second-order valence-corrected chi connectivity index (χ2v) is 9.37. The van der Waals surface area contributed by atoms with E-state index >= 15 is 0 Å². The Balaban J connectivity index is 1.34. The lowest BCUT2D eigenvalue weighted by Gasteiger charge is -2.36. The van der Waals surface area contributed by atoms with Gasteiger partial charge >= 0.3 is 0 Å².